The molecular weight excluding hydrogens is 309 g/mol. The van der Waals surface area contributed by atoms with E-state index in [1.807, 2.05) is 0 Å². The van der Waals surface area contributed by atoms with Gasteiger partial charge in [0.05, 0.1) is 11.2 Å². The van der Waals surface area contributed by atoms with E-state index >= 15 is 0 Å². The predicted octanol–water partition coefficient (Wildman–Crippen LogP) is 2.97. The van der Waals surface area contributed by atoms with Crippen LogP contribution >= 0.6 is 0 Å². The second kappa shape index (κ2) is 6.63. The van der Waals surface area contributed by atoms with Crippen LogP contribution in [-0.2, 0) is 11.8 Å². The van der Waals surface area contributed by atoms with Crippen LogP contribution in [0.4, 0.5) is 10.1 Å². The average Bonchev–Trinajstić information content (AvgIpc) is 3.08. The Morgan fingerprint density at radius 2 is 2.17 bits per heavy atom. The molecule has 1 fully saturated rings. The number of rotatable bonds is 5. The number of carbonyl (C=O) groups excluding carboxylic acids is 2. The third kappa shape index (κ3) is 2.77. The van der Waals surface area contributed by atoms with Gasteiger partial charge in [0.15, 0.2) is 0 Å². The van der Waals surface area contributed by atoms with Gasteiger partial charge in [-0.1, -0.05) is 13.3 Å². The van der Waals surface area contributed by atoms with Gasteiger partial charge >= 0.3 is 0 Å². The summed E-state index contributed by atoms with van der Waals surface area (Å²) in [5.41, 5.74) is 1.69. The van der Waals surface area contributed by atoms with Crippen molar-refractivity contribution in [1.29, 1.82) is 0 Å². The van der Waals surface area contributed by atoms with Gasteiger partial charge in [0.1, 0.15) is 11.5 Å². The summed E-state index contributed by atoms with van der Waals surface area (Å²) < 4.78 is 15.5. The number of hydrogen-bond donors (Lipinski definition) is 1. The second-order valence-electron chi connectivity index (χ2n) is 6.18. The van der Waals surface area contributed by atoms with E-state index < -0.39 is 0 Å². The second-order valence-corrected chi connectivity index (χ2v) is 6.18. The maximum atomic E-state index is 13.8. The molecule has 1 N–H and O–H groups in total. The number of aromatic nitrogens is 1. The molecule has 5 nitrogen and oxygen atoms in total. The maximum Gasteiger partial charge on any atom is 0.270 e. The number of aryl methyl sites for hydroxylation is 1. The van der Waals surface area contributed by atoms with Crippen molar-refractivity contribution in [2.24, 2.45) is 7.05 Å². The molecule has 3 rings (SSSR count). The van der Waals surface area contributed by atoms with Crippen LogP contribution in [0.2, 0.25) is 0 Å². The molecule has 0 atom stereocenters. The lowest BCUT2D eigenvalue weighted by atomic mass is 10.2. The van der Waals surface area contributed by atoms with E-state index in [2.05, 4.69) is 12.2 Å². The lowest BCUT2D eigenvalue weighted by molar-refractivity contribution is -0.117. The minimum Gasteiger partial charge on any atom is -0.351 e. The van der Waals surface area contributed by atoms with Crippen LogP contribution in [0, 0.1) is 5.82 Å². The van der Waals surface area contributed by atoms with E-state index in [1.165, 1.54) is 12.1 Å². The monoisotopic (exact) mass is 331 g/mol. The zero-order chi connectivity index (χ0) is 17.3. The number of unbranched alkanes of at least 4 members (excludes halogenated alkanes) is 1. The van der Waals surface area contributed by atoms with E-state index in [0.29, 0.717) is 36.3 Å². The molecule has 0 spiro atoms. The Kier molecular flexibility index (Phi) is 4.55. The topological polar surface area (TPSA) is 54.3 Å². The highest BCUT2D eigenvalue weighted by Crippen LogP contribution is 2.36. The molecule has 2 aromatic rings. The molecule has 2 heterocycles. The van der Waals surface area contributed by atoms with Crippen molar-refractivity contribution in [2.75, 3.05) is 18.0 Å². The number of benzene rings is 1. The summed E-state index contributed by atoms with van der Waals surface area (Å²) in [7, 11) is 1.78. The molecule has 6 heteroatoms. The largest absolute Gasteiger partial charge is 0.351 e. The average molecular weight is 331 g/mol. The molecule has 1 aliphatic rings. The highest BCUT2D eigenvalue weighted by molar-refractivity contribution is 6.14. The number of fused-ring (bicyclic) bond motifs is 1. The first-order valence-electron chi connectivity index (χ1n) is 8.41. The minimum absolute atomic E-state index is 0.0191. The summed E-state index contributed by atoms with van der Waals surface area (Å²) >= 11 is 0. The molecule has 0 aliphatic carbocycles. The quantitative estimate of drug-likeness (QED) is 0.857. The Hall–Kier alpha value is -2.37. The van der Waals surface area contributed by atoms with Crippen LogP contribution in [0.15, 0.2) is 18.2 Å². The summed E-state index contributed by atoms with van der Waals surface area (Å²) in [6, 6.07) is 4.42. The van der Waals surface area contributed by atoms with Gasteiger partial charge in [-0.15, -0.1) is 0 Å². The smallest absolute Gasteiger partial charge is 0.270 e. The van der Waals surface area contributed by atoms with Gasteiger partial charge < -0.3 is 14.8 Å². The maximum absolute atomic E-state index is 13.8. The summed E-state index contributed by atoms with van der Waals surface area (Å²) in [6.07, 6.45) is 3.09. The third-order valence-corrected chi connectivity index (χ3v) is 4.51. The van der Waals surface area contributed by atoms with E-state index in [0.717, 1.165) is 24.8 Å². The Labute approximate surface area is 140 Å². The fourth-order valence-corrected chi connectivity index (χ4v) is 3.28. The highest BCUT2D eigenvalue weighted by atomic mass is 19.1. The SMILES string of the molecule is CCCCNC(=O)c1c(N2CCCC2=O)c2cc(F)ccc2n1C. The molecule has 24 heavy (non-hydrogen) atoms. The first kappa shape index (κ1) is 16.5. The van der Waals surface area contributed by atoms with Gasteiger partial charge in [0.25, 0.3) is 5.91 Å². The first-order chi connectivity index (χ1) is 11.5. The van der Waals surface area contributed by atoms with Gasteiger partial charge in [0.2, 0.25) is 5.91 Å². The van der Waals surface area contributed by atoms with Crippen molar-refractivity contribution >= 4 is 28.4 Å². The molecule has 1 saturated heterocycles. The number of anilines is 1. The van der Waals surface area contributed by atoms with Gasteiger partial charge in [-0.3, -0.25) is 9.59 Å². The Morgan fingerprint density at radius 1 is 1.38 bits per heavy atom. The number of hydrogen-bond acceptors (Lipinski definition) is 2. The zero-order valence-corrected chi connectivity index (χ0v) is 14.1. The van der Waals surface area contributed by atoms with E-state index in [9.17, 15) is 14.0 Å². The molecule has 2 amide bonds. The molecule has 0 saturated carbocycles. The van der Waals surface area contributed by atoms with Crippen LogP contribution < -0.4 is 10.2 Å². The van der Waals surface area contributed by atoms with Crippen molar-refractivity contribution < 1.29 is 14.0 Å². The molecule has 0 radical (unpaired) electrons. The normalized spacial score (nSPS) is 14.6. The van der Waals surface area contributed by atoms with Crippen LogP contribution in [-0.4, -0.2) is 29.5 Å². The fourth-order valence-electron chi connectivity index (χ4n) is 3.28. The number of amides is 2. The van der Waals surface area contributed by atoms with Crippen molar-refractivity contribution in [3.8, 4) is 0 Å². The van der Waals surface area contributed by atoms with Gasteiger partial charge in [-0.05, 0) is 31.0 Å². The van der Waals surface area contributed by atoms with E-state index in [-0.39, 0.29) is 17.6 Å². The van der Waals surface area contributed by atoms with Crippen molar-refractivity contribution in [2.45, 2.75) is 32.6 Å². The molecule has 0 unspecified atom stereocenters. The number of nitrogens with one attached hydrogen (secondary N) is 1. The van der Waals surface area contributed by atoms with Crippen molar-refractivity contribution in [3.05, 3.63) is 29.7 Å². The fraction of sp³-hybridized carbons (Fsp3) is 0.444. The van der Waals surface area contributed by atoms with Crippen molar-refractivity contribution in [3.63, 3.8) is 0 Å². The lowest BCUT2D eigenvalue weighted by Crippen LogP contribution is -2.31. The summed E-state index contributed by atoms with van der Waals surface area (Å²) in [5.74, 6) is -0.620. The Balaban J connectivity index is 2.13. The molecule has 1 aromatic carbocycles. The highest BCUT2D eigenvalue weighted by Gasteiger charge is 2.31. The predicted molar refractivity (Wildman–Crippen MR) is 91.7 cm³/mol. The standard InChI is InChI=1S/C18H22FN3O2/c1-3-4-9-20-18(24)17-16(22-10-5-6-15(22)23)13-11-12(19)7-8-14(13)21(17)2/h7-8,11H,3-6,9-10H2,1-2H3,(H,20,24). The zero-order valence-electron chi connectivity index (χ0n) is 14.1. The molecular formula is C18H22FN3O2. The van der Waals surface area contributed by atoms with E-state index in [4.69, 9.17) is 0 Å². The molecule has 128 valence electrons. The Bertz CT molecular complexity index is 797. The number of carbonyl (C=O) groups is 2. The first-order valence-corrected chi connectivity index (χ1v) is 8.41. The number of nitrogens with zero attached hydrogens (tertiary/aromatic N) is 2. The summed E-state index contributed by atoms with van der Waals surface area (Å²) in [6.45, 7) is 3.20. The van der Waals surface area contributed by atoms with Gasteiger partial charge in [-0.25, -0.2) is 4.39 Å². The van der Waals surface area contributed by atoms with Crippen LogP contribution in [0.5, 0.6) is 0 Å². The van der Waals surface area contributed by atoms with E-state index in [1.54, 1.807) is 22.6 Å². The lowest BCUT2D eigenvalue weighted by Gasteiger charge is -2.17. The van der Waals surface area contributed by atoms with Crippen LogP contribution in [0.3, 0.4) is 0 Å². The number of halogens is 1. The van der Waals surface area contributed by atoms with Crippen molar-refractivity contribution in [1.82, 2.24) is 9.88 Å². The summed E-state index contributed by atoms with van der Waals surface area (Å²) in [5, 5.41) is 3.51. The molecule has 1 aromatic heterocycles. The van der Waals surface area contributed by atoms with Gasteiger partial charge in [0, 0.05) is 31.9 Å². The minimum atomic E-state index is -0.376. The van der Waals surface area contributed by atoms with Crippen LogP contribution in [0.1, 0.15) is 43.1 Å². The molecule has 0 bridgehead atoms. The van der Waals surface area contributed by atoms with Gasteiger partial charge in [-0.2, -0.15) is 0 Å². The molecule has 1 aliphatic heterocycles. The Morgan fingerprint density at radius 3 is 2.83 bits per heavy atom. The summed E-state index contributed by atoms with van der Waals surface area (Å²) in [4.78, 5) is 26.6. The van der Waals surface area contributed by atoms with Crippen LogP contribution in [0.25, 0.3) is 10.9 Å². The third-order valence-electron chi connectivity index (χ3n) is 4.51.